The van der Waals surface area contributed by atoms with E-state index in [1.165, 1.54) is 31.0 Å². The van der Waals surface area contributed by atoms with Gasteiger partial charge in [-0.25, -0.2) is 4.79 Å². The van der Waals surface area contributed by atoms with Gasteiger partial charge in [0.15, 0.2) is 0 Å². The van der Waals surface area contributed by atoms with Crippen LogP contribution in [0.4, 0.5) is 0 Å². The molecule has 1 saturated carbocycles. The van der Waals surface area contributed by atoms with Crippen LogP contribution < -0.4 is 5.32 Å². The van der Waals surface area contributed by atoms with Crippen molar-refractivity contribution in [1.82, 2.24) is 0 Å². The lowest BCUT2D eigenvalue weighted by molar-refractivity contribution is -0.507. The molecular weight excluding hydrogens is 126 g/mol. The van der Waals surface area contributed by atoms with Gasteiger partial charge in [-0.2, -0.15) is 0 Å². The molecule has 0 aromatic carbocycles. The van der Waals surface area contributed by atoms with E-state index in [1.54, 1.807) is 0 Å². The van der Waals surface area contributed by atoms with Gasteiger partial charge in [0, 0.05) is 0 Å². The molecule has 0 heterocycles. The van der Waals surface area contributed by atoms with Crippen LogP contribution in [0.15, 0.2) is 0 Å². The van der Waals surface area contributed by atoms with Gasteiger partial charge in [0.2, 0.25) is 0 Å². The number of nitrogens with two attached hydrogens (primary N) is 1. The third-order valence-electron chi connectivity index (χ3n) is 2.19. The number of hydrogen-bond donors (Lipinski definition) is 1. The van der Waals surface area contributed by atoms with Crippen LogP contribution in [0.25, 0.3) is 0 Å². The summed E-state index contributed by atoms with van der Waals surface area (Å²) in [5, 5.41) is 1.44. The van der Waals surface area contributed by atoms with Gasteiger partial charge in [0.25, 0.3) is 5.91 Å². The van der Waals surface area contributed by atoms with Crippen molar-refractivity contribution in [3.8, 4) is 0 Å². The van der Waals surface area contributed by atoms with E-state index < -0.39 is 0 Å². The summed E-state index contributed by atoms with van der Waals surface area (Å²) in [5.74, 6) is 0.886. The Bertz CT molecular complexity index is 116. The van der Waals surface area contributed by atoms with E-state index in [-0.39, 0.29) is 5.91 Å². The minimum Gasteiger partial charge on any atom is -0.415 e. The van der Waals surface area contributed by atoms with Crippen LogP contribution in [0.1, 0.15) is 32.1 Å². The number of carbonyl (C=O) groups is 1. The van der Waals surface area contributed by atoms with E-state index in [0.29, 0.717) is 5.92 Å². The average Bonchev–Trinajstić information content (AvgIpc) is 2.40. The molecule has 0 bridgehead atoms. The zero-order valence-corrected chi connectivity index (χ0v) is 6.31. The smallest absolute Gasteiger partial charge is 0.284 e. The molecule has 0 spiro atoms. The first-order chi connectivity index (χ1) is 4.83. The Hall–Kier alpha value is -0.370. The van der Waals surface area contributed by atoms with Crippen molar-refractivity contribution in [2.24, 2.45) is 5.92 Å². The lowest BCUT2D eigenvalue weighted by atomic mass is 10.0. The Morgan fingerprint density at radius 2 is 2.10 bits per heavy atom. The molecule has 2 N–H and O–H groups in total. The fraction of sp³-hybridized carbons (Fsp3) is 0.750. The van der Waals surface area contributed by atoms with Crippen LogP contribution in [-0.4, -0.2) is 5.91 Å². The van der Waals surface area contributed by atoms with E-state index >= 15 is 0 Å². The Kier molecular flexibility index (Phi) is 2.87. The Labute approximate surface area is 62.0 Å². The molecule has 1 amide bonds. The third-order valence-corrected chi connectivity index (χ3v) is 2.19. The summed E-state index contributed by atoms with van der Waals surface area (Å²) in [5.41, 5.74) is 0. The molecule has 0 aliphatic heterocycles. The lowest BCUT2D eigenvalue weighted by Crippen LogP contribution is -2.81. The molecular formula is C8H15NO. The van der Waals surface area contributed by atoms with Crippen molar-refractivity contribution in [2.45, 2.75) is 32.1 Å². The zero-order chi connectivity index (χ0) is 7.40. The molecule has 58 valence electrons. The molecule has 10 heavy (non-hydrogen) atoms. The van der Waals surface area contributed by atoms with Crippen molar-refractivity contribution in [2.75, 3.05) is 0 Å². The molecule has 0 aromatic heterocycles. The molecule has 1 fully saturated rings. The van der Waals surface area contributed by atoms with Gasteiger partial charge in [-0.1, -0.05) is 12.8 Å². The van der Waals surface area contributed by atoms with Crippen molar-refractivity contribution in [1.29, 1.82) is 0 Å². The summed E-state index contributed by atoms with van der Waals surface area (Å²) in [7, 11) is 3.45. The largest absolute Gasteiger partial charge is 0.415 e. The second-order valence-electron chi connectivity index (χ2n) is 3.03. The number of hydrogen-bond acceptors (Lipinski definition) is 1. The van der Waals surface area contributed by atoms with Gasteiger partial charge in [-0.3, -0.25) is 0 Å². The first-order valence-electron chi connectivity index (χ1n) is 3.98. The monoisotopic (exact) mass is 141 g/mol. The number of amides is 1. The molecule has 0 radical (unpaired) electrons. The van der Waals surface area contributed by atoms with Gasteiger partial charge < -0.3 is 5.32 Å². The highest BCUT2D eigenvalue weighted by Crippen LogP contribution is 2.26. The van der Waals surface area contributed by atoms with Crippen LogP contribution in [0.3, 0.4) is 0 Å². The maximum absolute atomic E-state index is 10.8. The Morgan fingerprint density at radius 3 is 2.60 bits per heavy atom. The maximum atomic E-state index is 10.8. The summed E-state index contributed by atoms with van der Waals surface area (Å²) < 4.78 is 0. The summed E-state index contributed by atoms with van der Waals surface area (Å²) in [6.07, 6.45) is 5.87. The van der Waals surface area contributed by atoms with Crippen LogP contribution >= 0.6 is 0 Å². The predicted molar refractivity (Wildman–Crippen MR) is 38.9 cm³/mol. The van der Waals surface area contributed by atoms with Gasteiger partial charge in [-0.05, 0) is 18.8 Å². The SMILES string of the molecule is [CH2-][NH2+]C(=O)CC1CCCC1. The van der Waals surface area contributed by atoms with Gasteiger partial charge in [0.1, 0.15) is 0 Å². The molecule has 2 heteroatoms. The van der Waals surface area contributed by atoms with Crippen molar-refractivity contribution in [3.63, 3.8) is 0 Å². The highest BCUT2D eigenvalue weighted by Gasteiger charge is 2.18. The normalized spacial score (nSPS) is 19.7. The molecule has 1 rings (SSSR count). The number of primary amides is 1. The topological polar surface area (TPSA) is 33.7 Å². The van der Waals surface area contributed by atoms with Crippen LogP contribution in [0.5, 0.6) is 0 Å². The molecule has 0 atom stereocenters. The standard InChI is InChI=1S/C8H15NO/c1-9-8(10)6-7-4-2-3-5-7/h7H,1-6,9H2. The maximum Gasteiger partial charge on any atom is 0.284 e. The predicted octanol–water partition coefficient (Wildman–Crippen LogP) is 0.448. The highest BCUT2D eigenvalue weighted by molar-refractivity contribution is 5.65. The van der Waals surface area contributed by atoms with Crippen LogP contribution in [0.2, 0.25) is 0 Å². The van der Waals surface area contributed by atoms with E-state index in [1.807, 2.05) is 0 Å². The lowest BCUT2D eigenvalue weighted by Gasteiger charge is -2.04. The van der Waals surface area contributed by atoms with Gasteiger partial charge in [-0.15, -0.1) is 7.05 Å². The van der Waals surface area contributed by atoms with Gasteiger partial charge in [0.05, 0.1) is 6.42 Å². The quantitative estimate of drug-likeness (QED) is 0.556. The molecule has 0 aromatic rings. The van der Waals surface area contributed by atoms with Crippen LogP contribution in [-0.2, 0) is 4.79 Å². The minimum absolute atomic E-state index is 0.215. The number of carbonyl (C=O) groups excluding carboxylic acids is 1. The summed E-state index contributed by atoms with van der Waals surface area (Å²) >= 11 is 0. The molecule has 0 saturated heterocycles. The summed E-state index contributed by atoms with van der Waals surface area (Å²) in [6, 6.07) is 0. The van der Waals surface area contributed by atoms with E-state index in [0.717, 1.165) is 6.42 Å². The molecule has 0 unspecified atom stereocenters. The summed E-state index contributed by atoms with van der Waals surface area (Å²) in [6.45, 7) is 0. The van der Waals surface area contributed by atoms with Crippen molar-refractivity contribution in [3.05, 3.63) is 7.05 Å². The number of rotatable bonds is 2. The first-order valence-corrected chi connectivity index (χ1v) is 3.98. The Morgan fingerprint density at radius 1 is 1.50 bits per heavy atom. The molecule has 2 nitrogen and oxygen atoms in total. The third kappa shape index (κ3) is 2.10. The van der Waals surface area contributed by atoms with E-state index in [2.05, 4.69) is 7.05 Å². The fourth-order valence-electron chi connectivity index (χ4n) is 1.58. The van der Waals surface area contributed by atoms with Gasteiger partial charge >= 0.3 is 0 Å². The van der Waals surface area contributed by atoms with Crippen molar-refractivity contribution < 1.29 is 10.1 Å². The molecule has 1 aliphatic rings. The molecule has 1 aliphatic carbocycles. The Balaban J connectivity index is 2.17. The summed E-state index contributed by atoms with van der Waals surface area (Å²) in [4.78, 5) is 10.8. The number of quaternary nitrogens is 1. The first kappa shape index (κ1) is 7.73. The second-order valence-corrected chi connectivity index (χ2v) is 3.03. The highest BCUT2D eigenvalue weighted by atomic mass is 16.1. The van der Waals surface area contributed by atoms with E-state index in [4.69, 9.17) is 0 Å². The second kappa shape index (κ2) is 3.71. The van der Waals surface area contributed by atoms with Crippen LogP contribution in [0, 0.1) is 13.0 Å². The zero-order valence-electron chi connectivity index (χ0n) is 6.31. The van der Waals surface area contributed by atoms with E-state index in [9.17, 15) is 4.79 Å². The average molecular weight is 141 g/mol. The fourth-order valence-corrected chi connectivity index (χ4v) is 1.58. The van der Waals surface area contributed by atoms with Crippen molar-refractivity contribution >= 4 is 5.91 Å². The minimum atomic E-state index is 0.215.